The smallest absolute Gasteiger partial charge is 0.252 e. The fourth-order valence-electron chi connectivity index (χ4n) is 10.8. The van der Waals surface area contributed by atoms with Gasteiger partial charge in [0, 0.05) is 51.2 Å². The third-order valence-electron chi connectivity index (χ3n) is 12.7. The normalized spacial score (nSPS) is 14.4. The molecule has 0 bridgehead atoms. The summed E-state index contributed by atoms with van der Waals surface area (Å²) >= 11 is 0. The minimum atomic E-state index is 0.0841. The molecule has 6 heteroatoms. The molecule has 8 aromatic rings. The Bertz CT molecular complexity index is 2710. The fourth-order valence-corrected chi connectivity index (χ4v) is 10.8. The summed E-state index contributed by atoms with van der Waals surface area (Å²) in [6, 6.07) is 68.2. The highest BCUT2D eigenvalue weighted by Gasteiger charge is 2.54. The Morgan fingerprint density at radius 2 is 0.667 bits per heavy atom. The summed E-state index contributed by atoms with van der Waals surface area (Å²) in [4.78, 5) is 7.72. The second kappa shape index (κ2) is 10.5. The second-order valence-electron chi connectivity index (χ2n) is 15.2. The lowest BCUT2D eigenvalue weighted by Gasteiger charge is -2.53. The third kappa shape index (κ3) is 3.51. The molecule has 5 aliphatic rings. The molecule has 0 saturated carbocycles. The van der Waals surface area contributed by atoms with E-state index in [4.69, 9.17) is 0 Å². The zero-order valence-corrected chi connectivity index (χ0v) is 29.4. The topological polar surface area (TPSA) is 9.72 Å². The Morgan fingerprint density at radius 1 is 0.259 bits per heavy atom. The first-order valence-electron chi connectivity index (χ1n) is 19.1. The Morgan fingerprint density at radius 3 is 1.17 bits per heavy atom. The van der Waals surface area contributed by atoms with Crippen molar-refractivity contribution >= 4 is 120 Å². The molecule has 0 saturated heterocycles. The number of fused-ring (bicyclic) bond motifs is 6. The first-order valence-corrected chi connectivity index (χ1v) is 19.1. The molecule has 13 rings (SSSR count). The van der Waals surface area contributed by atoms with E-state index < -0.39 is 0 Å². The lowest BCUT2D eigenvalue weighted by molar-refractivity contribution is 1.25. The van der Waals surface area contributed by atoms with Crippen molar-refractivity contribution in [3.63, 3.8) is 0 Å². The van der Waals surface area contributed by atoms with Crippen LogP contribution in [-0.4, -0.2) is 20.1 Å². The van der Waals surface area contributed by atoms with Crippen LogP contribution in [0.15, 0.2) is 182 Å². The highest BCUT2D eigenvalue weighted by atomic mass is 15.2. The van der Waals surface area contributed by atoms with Crippen molar-refractivity contribution in [3.05, 3.63) is 182 Å². The summed E-state index contributed by atoms with van der Waals surface area (Å²) in [5, 5.41) is 0. The van der Waals surface area contributed by atoms with Crippen LogP contribution in [-0.2, 0) is 0 Å². The molecule has 0 atom stereocenters. The predicted molar refractivity (Wildman–Crippen MR) is 231 cm³/mol. The van der Waals surface area contributed by atoms with Gasteiger partial charge in [0.15, 0.2) is 0 Å². The van der Waals surface area contributed by atoms with Gasteiger partial charge in [0.05, 0.1) is 0 Å². The molecule has 0 amide bonds. The molecule has 3 nitrogen and oxygen atoms in total. The van der Waals surface area contributed by atoms with Crippen LogP contribution in [0.4, 0.5) is 51.2 Å². The van der Waals surface area contributed by atoms with Crippen LogP contribution < -0.4 is 63.9 Å². The van der Waals surface area contributed by atoms with E-state index in [1.165, 1.54) is 100 Å². The molecule has 246 valence electrons. The Hall–Kier alpha value is -6.65. The second-order valence-corrected chi connectivity index (χ2v) is 15.2. The highest BCUT2D eigenvalue weighted by Crippen LogP contribution is 2.47. The van der Waals surface area contributed by atoms with Crippen LogP contribution in [0.1, 0.15) is 0 Å². The fraction of sp³-hybridized carbons (Fsp3) is 0. The van der Waals surface area contributed by atoms with Gasteiger partial charge in [-0.2, -0.15) is 0 Å². The van der Waals surface area contributed by atoms with Gasteiger partial charge in [0.1, 0.15) is 0 Å². The standard InChI is InChI=1S/C48H30B3N3/c1-4-15-31(16-5-1)49-38-27-29-42-44-47(38)54-46-36(50(44)34-21-10-12-25-40(34)52(42)32-17-6-2-7-18-32)23-14-24-37(46)51-35-22-11-13-26-41(35)53(33-19-8-3-9-20-33)43-30-28-39(49)48(54)45(43)51/h1-30H. The zero-order valence-electron chi connectivity index (χ0n) is 29.4. The molecular formula is C48H30B3N3. The zero-order chi connectivity index (χ0) is 35.1. The van der Waals surface area contributed by atoms with Crippen LogP contribution in [0.3, 0.4) is 0 Å². The average molecular weight is 681 g/mol. The third-order valence-corrected chi connectivity index (χ3v) is 12.7. The Labute approximate surface area is 316 Å². The molecule has 0 unspecified atom stereocenters. The van der Waals surface area contributed by atoms with Crippen molar-refractivity contribution < 1.29 is 0 Å². The molecule has 54 heavy (non-hydrogen) atoms. The maximum absolute atomic E-state index is 2.72. The summed E-state index contributed by atoms with van der Waals surface area (Å²) in [7, 11) is 0. The molecule has 0 aromatic heterocycles. The lowest BCUT2D eigenvalue weighted by atomic mass is 9.25. The van der Waals surface area contributed by atoms with Crippen LogP contribution in [0.5, 0.6) is 0 Å². The van der Waals surface area contributed by atoms with E-state index in [-0.39, 0.29) is 20.1 Å². The maximum atomic E-state index is 2.72. The summed E-state index contributed by atoms with van der Waals surface area (Å²) in [5.41, 5.74) is 23.8. The van der Waals surface area contributed by atoms with Crippen molar-refractivity contribution in [2.45, 2.75) is 0 Å². The van der Waals surface area contributed by atoms with Crippen molar-refractivity contribution in [1.82, 2.24) is 0 Å². The first kappa shape index (κ1) is 28.9. The number of nitrogens with zero attached hydrogens (tertiary/aromatic N) is 3. The van der Waals surface area contributed by atoms with Gasteiger partial charge in [-0.05, 0) is 92.2 Å². The molecule has 0 fully saturated rings. The van der Waals surface area contributed by atoms with Gasteiger partial charge in [-0.3, -0.25) is 0 Å². The van der Waals surface area contributed by atoms with Crippen LogP contribution in [0.25, 0.3) is 0 Å². The van der Waals surface area contributed by atoms with Crippen molar-refractivity contribution in [3.8, 4) is 0 Å². The highest BCUT2D eigenvalue weighted by molar-refractivity contribution is 7.07. The van der Waals surface area contributed by atoms with Gasteiger partial charge >= 0.3 is 0 Å². The van der Waals surface area contributed by atoms with Crippen molar-refractivity contribution in [2.75, 3.05) is 14.7 Å². The van der Waals surface area contributed by atoms with Gasteiger partial charge in [-0.1, -0.05) is 139 Å². The van der Waals surface area contributed by atoms with E-state index in [0.717, 1.165) is 0 Å². The van der Waals surface area contributed by atoms with Gasteiger partial charge in [-0.15, -0.1) is 0 Å². The number of para-hydroxylation sites is 5. The molecule has 0 radical (unpaired) electrons. The summed E-state index contributed by atoms with van der Waals surface area (Å²) in [6.45, 7) is 0.278. The number of rotatable bonds is 3. The quantitative estimate of drug-likeness (QED) is 0.238. The Balaban J connectivity index is 1.20. The van der Waals surface area contributed by atoms with Gasteiger partial charge < -0.3 is 14.7 Å². The average Bonchev–Trinajstić information content (AvgIpc) is 3.24. The minimum Gasteiger partial charge on any atom is -0.313 e. The van der Waals surface area contributed by atoms with E-state index in [1.807, 2.05) is 0 Å². The first-order chi connectivity index (χ1) is 26.9. The van der Waals surface area contributed by atoms with Crippen LogP contribution in [0.2, 0.25) is 0 Å². The van der Waals surface area contributed by atoms with Crippen LogP contribution >= 0.6 is 0 Å². The lowest BCUT2D eigenvalue weighted by Crippen LogP contribution is -2.73. The molecule has 0 N–H and O–H groups in total. The Kier molecular flexibility index (Phi) is 5.61. The van der Waals surface area contributed by atoms with Gasteiger partial charge in [0.25, 0.3) is 13.4 Å². The van der Waals surface area contributed by atoms with E-state index in [0.29, 0.717) is 0 Å². The summed E-state index contributed by atoms with van der Waals surface area (Å²) in [6.07, 6.45) is 0. The monoisotopic (exact) mass is 681 g/mol. The maximum Gasteiger partial charge on any atom is 0.252 e. The van der Waals surface area contributed by atoms with Gasteiger partial charge in [0.2, 0.25) is 6.71 Å². The minimum absolute atomic E-state index is 0.0841. The molecule has 5 aliphatic heterocycles. The van der Waals surface area contributed by atoms with E-state index in [9.17, 15) is 0 Å². The van der Waals surface area contributed by atoms with E-state index >= 15 is 0 Å². The molecule has 5 heterocycles. The van der Waals surface area contributed by atoms with E-state index in [1.54, 1.807) is 0 Å². The number of hydrogen-bond acceptors (Lipinski definition) is 3. The van der Waals surface area contributed by atoms with Gasteiger partial charge in [-0.25, -0.2) is 0 Å². The molecular weight excluding hydrogens is 651 g/mol. The number of benzene rings is 8. The summed E-state index contributed by atoms with van der Waals surface area (Å²) < 4.78 is 0. The number of anilines is 9. The molecule has 8 aromatic carbocycles. The van der Waals surface area contributed by atoms with E-state index in [2.05, 4.69) is 197 Å². The number of hydrogen-bond donors (Lipinski definition) is 0. The largest absolute Gasteiger partial charge is 0.313 e. The molecule has 0 aliphatic carbocycles. The van der Waals surface area contributed by atoms with Crippen molar-refractivity contribution in [1.29, 1.82) is 0 Å². The predicted octanol–water partition coefficient (Wildman–Crippen LogP) is 5.21. The SMILES string of the molecule is c1ccc(B2c3ccc4c5c3N3c6c(cccc6B6c7ccccc7N(c7ccccc7)c7ccc2c3c76)B5c2ccccc2N4c2ccccc2)cc1. The molecule has 0 spiro atoms. The summed E-state index contributed by atoms with van der Waals surface area (Å²) in [5.74, 6) is 0. The van der Waals surface area contributed by atoms with Crippen LogP contribution in [0, 0.1) is 0 Å². The van der Waals surface area contributed by atoms with Crippen molar-refractivity contribution in [2.24, 2.45) is 0 Å².